The molecular weight excluding hydrogens is 418 g/mol. The van der Waals surface area contributed by atoms with Crippen LogP contribution in [0.25, 0.3) is 11.0 Å². The summed E-state index contributed by atoms with van der Waals surface area (Å²) >= 11 is 3.13. The van der Waals surface area contributed by atoms with Gasteiger partial charge in [-0.05, 0) is 32.3 Å². The van der Waals surface area contributed by atoms with Crippen LogP contribution in [0, 0.1) is 5.92 Å². The fourth-order valence-corrected chi connectivity index (χ4v) is 4.42. The molecule has 1 unspecified atom stereocenters. The number of carbonyl (C=O) groups excluding carboxylic acids is 1. The smallest absolute Gasteiger partial charge is 0.408 e. The van der Waals surface area contributed by atoms with Gasteiger partial charge in [-0.3, -0.25) is 0 Å². The van der Waals surface area contributed by atoms with E-state index in [1.807, 2.05) is 52.8 Å². The zero-order valence-corrected chi connectivity index (χ0v) is 19.5. The minimum atomic E-state index is -0.566. The summed E-state index contributed by atoms with van der Waals surface area (Å²) in [4.78, 5) is 13.0. The van der Waals surface area contributed by atoms with Crippen molar-refractivity contribution in [1.82, 2.24) is 25.1 Å². The van der Waals surface area contributed by atoms with E-state index in [-0.39, 0.29) is 12.0 Å². The molecule has 160 valence electrons. The van der Waals surface area contributed by atoms with E-state index in [1.165, 1.54) is 16.9 Å². The molecule has 1 aromatic carbocycles. The van der Waals surface area contributed by atoms with E-state index < -0.39 is 11.7 Å². The summed E-state index contributed by atoms with van der Waals surface area (Å²) in [7, 11) is 0. The minimum Gasteiger partial charge on any atom is -0.444 e. The predicted molar refractivity (Wildman–Crippen MR) is 122 cm³/mol. The van der Waals surface area contributed by atoms with Crippen molar-refractivity contribution in [3.8, 4) is 0 Å². The molecule has 0 saturated carbocycles. The van der Waals surface area contributed by atoms with Gasteiger partial charge in [-0.1, -0.05) is 79.4 Å². The molecule has 0 bridgehead atoms. The van der Waals surface area contributed by atoms with Crippen molar-refractivity contribution in [2.45, 2.75) is 50.6 Å². The van der Waals surface area contributed by atoms with Crippen molar-refractivity contribution < 1.29 is 9.53 Å². The molecule has 0 radical (unpaired) electrons. The lowest BCUT2D eigenvalue weighted by Crippen LogP contribution is -2.37. The first kappa shape index (κ1) is 22.3. The molecule has 3 rings (SSSR count). The Morgan fingerprint density at radius 3 is 2.67 bits per heavy atom. The third-order valence-corrected chi connectivity index (χ3v) is 6.01. The number of ether oxygens (including phenoxy) is 1. The molecule has 0 aliphatic heterocycles. The molecule has 30 heavy (non-hydrogen) atoms. The number of carbonyl (C=O) groups is 1. The van der Waals surface area contributed by atoms with Crippen LogP contribution in [-0.4, -0.2) is 37.3 Å². The SMILES string of the molecule is CC(C)C(NC(=O)OC(C)(C)C)c1nnc2sc(SCC=Cc3ccccc3)nn12. The normalized spacial score (nSPS) is 13.3. The van der Waals surface area contributed by atoms with Gasteiger partial charge >= 0.3 is 6.09 Å². The Bertz CT molecular complexity index is 1010. The average molecular weight is 446 g/mol. The van der Waals surface area contributed by atoms with Gasteiger partial charge in [-0.25, -0.2) is 4.79 Å². The Morgan fingerprint density at radius 1 is 1.27 bits per heavy atom. The number of aromatic nitrogens is 4. The maximum atomic E-state index is 12.3. The van der Waals surface area contributed by atoms with Crippen LogP contribution in [0.15, 0.2) is 40.7 Å². The molecule has 7 nitrogen and oxygen atoms in total. The number of nitrogens with one attached hydrogen (secondary N) is 1. The highest BCUT2D eigenvalue weighted by Crippen LogP contribution is 2.28. The summed E-state index contributed by atoms with van der Waals surface area (Å²) in [6.45, 7) is 9.53. The van der Waals surface area contributed by atoms with Gasteiger partial charge in [0.05, 0.1) is 6.04 Å². The maximum Gasteiger partial charge on any atom is 0.408 e. The Morgan fingerprint density at radius 2 is 2.00 bits per heavy atom. The Hall–Kier alpha value is -2.39. The molecule has 0 saturated heterocycles. The Kier molecular flexibility index (Phi) is 7.14. The molecule has 1 N–H and O–H groups in total. The summed E-state index contributed by atoms with van der Waals surface area (Å²) in [6.07, 6.45) is 3.73. The molecule has 9 heteroatoms. The number of benzene rings is 1. The van der Waals surface area contributed by atoms with E-state index in [0.29, 0.717) is 10.8 Å². The third kappa shape index (κ3) is 6.06. The lowest BCUT2D eigenvalue weighted by molar-refractivity contribution is 0.0486. The van der Waals surface area contributed by atoms with E-state index in [9.17, 15) is 4.79 Å². The number of nitrogens with zero attached hydrogens (tertiary/aromatic N) is 4. The topological polar surface area (TPSA) is 81.4 Å². The number of alkyl carbamates (subject to hydrolysis) is 1. The van der Waals surface area contributed by atoms with Gasteiger partial charge in [-0.15, -0.1) is 15.3 Å². The van der Waals surface area contributed by atoms with E-state index in [1.54, 1.807) is 16.3 Å². The second-order valence-electron chi connectivity index (χ2n) is 8.11. The zero-order valence-electron chi connectivity index (χ0n) is 17.8. The number of hydrogen-bond acceptors (Lipinski definition) is 7. The van der Waals surface area contributed by atoms with E-state index in [0.717, 1.165) is 10.1 Å². The highest BCUT2D eigenvalue weighted by atomic mass is 32.2. The van der Waals surface area contributed by atoms with Crippen LogP contribution in [0.5, 0.6) is 0 Å². The standard InChI is InChI=1S/C21H27N5O2S2/c1-14(2)16(22-19(27)28-21(3,4)5)17-23-24-18-26(17)25-20(30-18)29-13-9-12-15-10-7-6-8-11-15/h6-12,14,16H,13H2,1-5H3,(H,22,27). The molecule has 0 aliphatic carbocycles. The summed E-state index contributed by atoms with van der Waals surface area (Å²) in [6, 6.07) is 9.83. The van der Waals surface area contributed by atoms with Crippen molar-refractivity contribution in [3.63, 3.8) is 0 Å². The third-order valence-electron chi connectivity index (χ3n) is 4.03. The first-order chi connectivity index (χ1) is 14.2. The monoisotopic (exact) mass is 445 g/mol. The minimum absolute atomic E-state index is 0.0940. The lowest BCUT2D eigenvalue weighted by Gasteiger charge is -2.24. The second-order valence-corrected chi connectivity index (χ2v) is 10.3. The molecule has 3 aromatic rings. The van der Waals surface area contributed by atoms with Crippen LogP contribution in [0.1, 0.15) is 52.0 Å². The second kappa shape index (κ2) is 9.61. The molecule has 0 spiro atoms. The van der Waals surface area contributed by atoms with Crippen molar-refractivity contribution in [3.05, 3.63) is 47.8 Å². The van der Waals surface area contributed by atoms with Gasteiger partial charge < -0.3 is 10.1 Å². The summed E-state index contributed by atoms with van der Waals surface area (Å²) < 4.78 is 8.02. The van der Waals surface area contributed by atoms with Gasteiger partial charge in [0.1, 0.15) is 5.60 Å². The van der Waals surface area contributed by atoms with Gasteiger partial charge in [-0.2, -0.15) is 4.52 Å². The zero-order chi connectivity index (χ0) is 21.7. The van der Waals surface area contributed by atoms with Crippen LogP contribution in [0.2, 0.25) is 0 Å². The molecule has 0 aliphatic rings. The quantitative estimate of drug-likeness (QED) is 0.503. The van der Waals surface area contributed by atoms with E-state index >= 15 is 0 Å². The highest BCUT2D eigenvalue weighted by molar-refractivity contribution is 8.01. The van der Waals surface area contributed by atoms with Gasteiger partial charge in [0.2, 0.25) is 4.96 Å². The highest BCUT2D eigenvalue weighted by Gasteiger charge is 2.27. The first-order valence-corrected chi connectivity index (χ1v) is 11.6. The van der Waals surface area contributed by atoms with Crippen molar-refractivity contribution >= 4 is 40.2 Å². The van der Waals surface area contributed by atoms with Crippen LogP contribution in [-0.2, 0) is 4.74 Å². The number of amides is 1. The van der Waals surface area contributed by atoms with Crippen LogP contribution >= 0.6 is 23.1 Å². The fraction of sp³-hybridized carbons (Fsp3) is 0.429. The number of hydrogen-bond donors (Lipinski definition) is 1. The van der Waals surface area contributed by atoms with Gasteiger partial charge in [0, 0.05) is 5.75 Å². The van der Waals surface area contributed by atoms with E-state index in [2.05, 4.69) is 44.9 Å². The predicted octanol–water partition coefficient (Wildman–Crippen LogP) is 5.21. The maximum absolute atomic E-state index is 12.3. The van der Waals surface area contributed by atoms with Crippen molar-refractivity contribution in [1.29, 1.82) is 0 Å². The molecular formula is C21H27N5O2S2. The molecule has 0 fully saturated rings. The van der Waals surface area contributed by atoms with Crippen molar-refractivity contribution in [2.75, 3.05) is 5.75 Å². The first-order valence-electron chi connectivity index (χ1n) is 9.79. The lowest BCUT2D eigenvalue weighted by atomic mass is 10.0. The molecule has 1 amide bonds. The fourth-order valence-electron chi connectivity index (χ4n) is 2.70. The molecule has 1 atom stereocenters. The largest absolute Gasteiger partial charge is 0.444 e. The van der Waals surface area contributed by atoms with Gasteiger partial charge in [0.25, 0.3) is 0 Å². The van der Waals surface area contributed by atoms with E-state index in [4.69, 9.17) is 4.74 Å². The summed E-state index contributed by atoms with van der Waals surface area (Å²) in [5.74, 6) is 1.50. The van der Waals surface area contributed by atoms with Crippen molar-refractivity contribution in [2.24, 2.45) is 5.92 Å². The Labute approximate surface area is 184 Å². The Balaban J connectivity index is 1.69. The number of fused-ring (bicyclic) bond motifs is 1. The number of rotatable bonds is 7. The van der Waals surface area contributed by atoms with Crippen LogP contribution in [0.4, 0.5) is 4.79 Å². The molecule has 2 aromatic heterocycles. The summed E-state index contributed by atoms with van der Waals surface area (Å²) in [5, 5.41) is 16.1. The van der Waals surface area contributed by atoms with Crippen LogP contribution < -0.4 is 5.32 Å². The van der Waals surface area contributed by atoms with Crippen LogP contribution in [0.3, 0.4) is 0 Å². The van der Waals surface area contributed by atoms with Gasteiger partial charge in [0.15, 0.2) is 10.2 Å². The number of thioether (sulfide) groups is 1. The summed E-state index contributed by atoms with van der Waals surface area (Å²) in [5.41, 5.74) is 0.607. The average Bonchev–Trinajstić information content (AvgIpc) is 3.23. The molecule has 2 heterocycles.